The first-order valence-electron chi connectivity index (χ1n) is 4.87. The number of rotatable bonds is 5. The van der Waals surface area contributed by atoms with E-state index < -0.39 is 10.5 Å². The lowest BCUT2D eigenvalue weighted by Gasteiger charge is -2.19. The van der Waals surface area contributed by atoms with E-state index in [1.165, 1.54) is 39.2 Å². The molecule has 1 aromatic rings. The third-order valence-electron chi connectivity index (χ3n) is 2.02. The molecule has 0 atom stereocenters. The molecule has 6 heteroatoms. The summed E-state index contributed by atoms with van der Waals surface area (Å²) in [5.41, 5.74) is -1.35. The number of nitro groups is 1. The zero-order valence-electron chi connectivity index (χ0n) is 9.80. The van der Waals surface area contributed by atoms with E-state index in [1.807, 2.05) is 0 Å². The maximum Gasteiger partial charge on any atom is 0.314 e. The number of carbonyl (C=O) groups excluding carboxylic acids is 1. The van der Waals surface area contributed by atoms with Crippen molar-refractivity contribution in [3.8, 4) is 11.5 Å². The van der Waals surface area contributed by atoms with E-state index in [0.29, 0.717) is 12.0 Å². The SMILES string of the molecule is COc1ccc(OC(C)(C)C=O)c([N+](=O)[O-])c1. The molecule has 0 fully saturated rings. The van der Waals surface area contributed by atoms with Crippen molar-refractivity contribution in [2.45, 2.75) is 19.4 Å². The first kappa shape index (κ1) is 13.0. The Labute approximate surface area is 98.3 Å². The minimum atomic E-state index is -1.11. The normalized spacial score (nSPS) is 10.8. The molecule has 0 spiro atoms. The summed E-state index contributed by atoms with van der Waals surface area (Å²) < 4.78 is 10.2. The molecule has 92 valence electrons. The summed E-state index contributed by atoms with van der Waals surface area (Å²) in [7, 11) is 1.41. The fourth-order valence-electron chi connectivity index (χ4n) is 1.16. The van der Waals surface area contributed by atoms with Crippen LogP contribution in [0.1, 0.15) is 13.8 Å². The minimum Gasteiger partial charge on any atom is -0.496 e. The molecule has 0 unspecified atom stereocenters. The molecule has 0 bridgehead atoms. The predicted octanol–water partition coefficient (Wildman–Crippen LogP) is 1.96. The van der Waals surface area contributed by atoms with Crippen molar-refractivity contribution in [3.63, 3.8) is 0 Å². The molecule has 0 heterocycles. The van der Waals surface area contributed by atoms with E-state index in [1.54, 1.807) is 0 Å². The zero-order chi connectivity index (χ0) is 13.1. The second kappa shape index (κ2) is 4.82. The monoisotopic (exact) mass is 239 g/mol. The average Bonchev–Trinajstić information content (AvgIpc) is 2.29. The van der Waals surface area contributed by atoms with Crippen LogP contribution < -0.4 is 9.47 Å². The van der Waals surface area contributed by atoms with Gasteiger partial charge in [0, 0.05) is 0 Å². The fraction of sp³-hybridized carbons (Fsp3) is 0.364. The Hall–Kier alpha value is -2.11. The molecular weight excluding hydrogens is 226 g/mol. The van der Waals surface area contributed by atoms with Gasteiger partial charge in [-0.25, -0.2) is 0 Å². The molecule has 17 heavy (non-hydrogen) atoms. The summed E-state index contributed by atoms with van der Waals surface area (Å²) in [6.45, 7) is 3.04. The van der Waals surface area contributed by atoms with Gasteiger partial charge in [0.25, 0.3) is 0 Å². The molecule has 0 aromatic heterocycles. The summed E-state index contributed by atoms with van der Waals surface area (Å²) in [6.07, 6.45) is 0.584. The first-order chi connectivity index (χ1) is 7.89. The van der Waals surface area contributed by atoms with Crippen LogP contribution in [0.5, 0.6) is 11.5 Å². The van der Waals surface area contributed by atoms with Crippen LogP contribution in [0.4, 0.5) is 5.69 Å². The molecule has 1 aromatic carbocycles. The highest BCUT2D eigenvalue weighted by Gasteiger charge is 2.24. The van der Waals surface area contributed by atoms with Gasteiger partial charge in [-0.15, -0.1) is 0 Å². The molecule has 0 amide bonds. The lowest BCUT2D eigenvalue weighted by molar-refractivity contribution is -0.386. The van der Waals surface area contributed by atoms with E-state index >= 15 is 0 Å². The van der Waals surface area contributed by atoms with Crippen molar-refractivity contribution in [2.75, 3.05) is 7.11 Å². The van der Waals surface area contributed by atoms with Gasteiger partial charge in [-0.1, -0.05) is 0 Å². The quantitative estimate of drug-likeness (QED) is 0.446. The van der Waals surface area contributed by atoms with Crippen molar-refractivity contribution in [3.05, 3.63) is 28.3 Å². The zero-order valence-corrected chi connectivity index (χ0v) is 9.80. The Bertz CT molecular complexity index is 441. The Morgan fingerprint density at radius 1 is 1.41 bits per heavy atom. The molecule has 0 saturated carbocycles. The van der Waals surface area contributed by atoms with Gasteiger partial charge in [-0.05, 0) is 26.0 Å². The number of aldehydes is 1. The van der Waals surface area contributed by atoms with Crippen molar-refractivity contribution in [2.24, 2.45) is 0 Å². The van der Waals surface area contributed by atoms with Gasteiger partial charge in [-0.2, -0.15) is 0 Å². The van der Waals surface area contributed by atoms with E-state index in [4.69, 9.17) is 9.47 Å². The standard InChI is InChI=1S/C11H13NO5/c1-11(2,7-13)17-10-5-4-8(16-3)6-9(10)12(14)15/h4-7H,1-3H3. The molecule has 0 aliphatic carbocycles. The van der Waals surface area contributed by atoms with Gasteiger partial charge in [0.1, 0.15) is 5.75 Å². The molecule has 0 aliphatic rings. The topological polar surface area (TPSA) is 78.7 Å². The summed E-state index contributed by atoms with van der Waals surface area (Å²) >= 11 is 0. The van der Waals surface area contributed by atoms with Gasteiger partial charge >= 0.3 is 5.69 Å². The van der Waals surface area contributed by atoms with Crippen LogP contribution in [-0.4, -0.2) is 23.9 Å². The highest BCUT2D eigenvalue weighted by molar-refractivity contribution is 5.63. The number of methoxy groups -OCH3 is 1. The Morgan fingerprint density at radius 3 is 2.53 bits per heavy atom. The van der Waals surface area contributed by atoms with E-state index in [9.17, 15) is 14.9 Å². The summed E-state index contributed by atoms with van der Waals surface area (Å²) in [5.74, 6) is 0.390. The molecule has 0 aliphatic heterocycles. The second-order valence-electron chi connectivity index (χ2n) is 3.91. The van der Waals surface area contributed by atoms with Crippen LogP contribution in [0.15, 0.2) is 18.2 Å². The number of benzene rings is 1. The smallest absolute Gasteiger partial charge is 0.314 e. The van der Waals surface area contributed by atoms with E-state index in [2.05, 4.69) is 0 Å². The van der Waals surface area contributed by atoms with E-state index in [-0.39, 0.29) is 11.4 Å². The lowest BCUT2D eigenvalue weighted by Crippen LogP contribution is -2.30. The number of nitro benzene ring substituents is 1. The van der Waals surface area contributed by atoms with Crippen LogP contribution in [0.25, 0.3) is 0 Å². The average molecular weight is 239 g/mol. The lowest BCUT2D eigenvalue weighted by atomic mass is 10.1. The summed E-state index contributed by atoms with van der Waals surface area (Å²) in [6, 6.07) is 4.18. The van der Waals surface area contributed by atoms with Gasteiger partial charge in [-0.3, -0.25) is 14.9 Å². The van der Waals surface area contributed by atoms with Gasteiger partial charge < -0.3 is 9.47 Å². The van der Waals surface area contributed by atoms with Gasteiger partial charge in [0.2, 0.25) is 0 Å². The Morgan fingerprint density at radius 2 is 2.06 bits per heavy atom. The van der Waals surface area contributed by atoms with Crippen LogP contribution in [0.2, 0.25) is 0 Å². The number of hydrogen-bond acceptors (Lipinski definition) is 5. The van der Waals surface area contributed by atoms with Crippen LogP contribution in [-0.2, 0) is 4.79 Å². The number of hydrogen-bond donors (Lipinski definition) is 0. The highest BCUT2D eigenvalue weighted by atomic mass is 16.6. The molecule has 0 radical (unpaired) electrons. The van der Waals surface area contributed by atoms with Crippen LogP contribution in [0.3, 0.4) is 0 Å². The van der Waals surface area contributed by atoms with Crippen molar-refractivity contribution in [1.29, 1.82) is 0 Å². The number of carbonyl (C=O) groups is 1. The van der Waals surface area contributed by atoms with E-state index in [0.717, 1.165) is 0 Å². The first-order valence-corrected chi connectivity index (χ1v) is 4.87. The summed E-state index contributed by atoms with van der Waals surface area (Å²) in [5, 5.41) is 10.8. The molecule has 1 rings (SSSR count). The summed E-state index contributed by atoms with van der Waals surface area (Å²) in [4.78, 5) is 21.0. The van der Waals surface area contributed by atoms with Crippen molar-refractivity contribution < 1.29 is 19.2 Å². The van der Waals surface area contributed by atoms with Gasteiger partial charge in [0.05, 0.1) is 18.1 Å². The van der Waals surface area contributed by atoms with Gasteiger partial charge in [0.15, 0.2) is 17.6 Å². The second-order valence-corrected chi connectivity index (χ2v) is 3.91. The molecule has 6 nitrogen and oxygen atoms in total. The maximum absolute atomic E-state index is 10.8. The number of nitrogens with zero attached hydrogens (tertiary/aromatic N) is 1. The fourth-order valence-corrected chi connectivity index (χ4v) is 1.16. The third-order valence-corrected chi connectivity index (χ3v) is 2.02. The third kappa shape index (κ3) is 3.17. The molecule has 0 saturated heterocycles. The molecule has 0 N–H and O–H groups in total. The largest absolute Gasteiger partial charge is 0.496 e. The maximum atomic E-state index is 10.8. The predicted molar refractivity (Wildman–Crippen MR) is 60.4 cm³/mol. The minimum absolute atomic E-state index is 0.0351. The molecular formula is C11H13NO5. The highest BCUT2D eigenvalue weighted by Crippen LogP contribution is 2.32. The van der Waals surface area contributed by atoms with Crippen LogP contribution in [0, 0.1) is 10.1 Å². The van der Waals surface area contributed by atoms with Crippen molar-refractivity contribution in [1.82, 2.24) is 0 Å². The van der Waals surface area contributed by atoms with Crippen molar-refractivity contribution >= 4 is 12.0 Å². The van der Waals surface area contributed by atoms with Crippen LogP contribution >= 0.6 is 0 Å². The number of ether oxygens (including phenoxy) is 2. The Balaban J connectivity index is 3.15. The Kier molecular flexibility index (Phi) is 3.67.